The molecule has 1 aromatic rings. The topological polar surface area (TPSA) is 37.3 Å². The normalized spacial score (nSPS) is 22.8. The molecule has 1 N–H and O–H groups in total. The Hall–Kier alpha value is -1.74. The van der Waals surface area contributed by atoms with Crippen molar-refractivity contribution in [2.45, 2.75) is 31.9 Å². The summed E-state index contributed by atoms with van der Waals surface area (Å²) in [5.41, 5.74) is 3.66. The summed E-state index contributed by atoms with van der Waals surface area (Å²) in [6.45, 7) is 9.51. The molecule has 1 atom stereocenters. The van der Waals surface area contributed by atoms with Crippen molar-refractivity contribution < 1.29 is 9.90 Å². The second kappa shape index (κ2) is 5.94. The number of aliphatic hydroxyl groups is 1. The van der Waals surface area contributed by atoms with Crippen LogP contribution < -0.4 is 0 Å². The van der Waals surface area contributed by atoms with E-state index in [-0.39, 0.29) is 10.9 Å². The zero-order valence-electron chi connectivity index (χ0n) is 12.6. The summed E-state index contributed by atoms with van der Waals surface area (Å²) in [6, 6.07) is 8.02. The second-order valence-corrected chi connectivity index (χ2v) is 7.00. The molecule has 2 nitrogen and oxygen atoms in total. The first-order chi connectivity index (χ1) is 9.85. The van der Waals surface area contributed by atoms with Crippen molar-refractivity contribution >= 4 is 16.9 Å². The number of thioether (sulfide) groups is 1. The number of allylic oxidation sites excluding steroid dienone is 2. The molecular weight excluding hydrogens is 280 g/mol. The van der Waals surface area contributed by atoms with Gasteiger partial charge in [0.2, 0.25) is 5.12 Å². The monoisotopic (exact) mass is 300 g/mol. The molecule has 0 spiro atoms. The lowest BCUT2D eigenvalue weighted by Crippen LogP contribution is -2.17. The van der Waals surface area contributed by atoms with Gasteiger partial charge >= 0.3 is 0 Å². The van der Waals surface area contributed by atoms with Gasteiger partial charge in [0.1, 0.15) is 5.76 Å². The van der Waals surface area contributed by atoms with E-state index in [1.807, 2.05) is 51.1 Å². The number of carbonyl (C=O) groups excluding carboxylic acids is 1. The Bertz CT molecular complexity index is 638. The van der Waals surface area contributed by atoms with Crippen LogP contribution in [-0.4, -0.2) is 15.0 Å². The van der Waals surface area contributed by atoms with Crippen molar-refractivity contribution in [3.63, 3.8) is 0 Å². The Labute approximate surface area is 130 Å². The highest BCUT2D eigenvalue weighted by atomic mass is 32.2. The molecule has 2 rings (SSSR count). The van der Waals surface area contributed by atoms with E-state index in [0.29, 0.717) is 12.0 Å². The van der Waals surface area contributed by atoms with E-state index in [0.717, 1.165) is 22.9 Å². The highest BCUT2D eigenvalue weighted by molar-refractivity contribution is 8.16. The average Bonchev–Trinajstić information content (AvgIpc) is 2.64. The number of aryl methyl sites for hydroxylation is 1. The van der Waals surface area contributed by atoms with Gasteiger partial charge in [-0.1, -0.05) is 65.9 Å². The first kappa shape index (κ1) is 15.6. The third-order valence-corrected chi connectivity index (χ3v) is 4.80. The minimum absolute atomic E-state index is 0.0521. The highest BCUT2D eigenvalue weighted by Crippen LogP contribution is 2.44. The quantitative estimate of drug-likeness (QED) is 0.831. The van der Waals surface area contributed by atoms with Crippen molar-refractivity contribution in [2.24, 2.45) is 0 Å². The number of aliphatic hydroxyl groups excluding tert-OH is 1. The summed E-state index contributed by atoms with van der Waals surface area (Å²) in [5, 5.41) is 10.4. The number of hydrogen-bond acceptors (Lipinski definition) is 3. The van der Waals surface area contributed by atoms with E-state index in [4.69, 9.17) is 0 Å². The van der Waals surface area contributed by atoms with Crippen LogP contribution in [0.4, 0.5) is 0 Å². The van der Waals surface area contributed by atoms with Gasteiger partial charge < -0.3 is 5.11 Å². The lowest BCUT2D eigenvalue weighted by atomic mass is 9.97. The predicted octanol–water partition coefficient (Wildman–Crippen LogP) is 4.51. The average molecular weight is 300 g/mol. The summed E-state index contributed by atoms with van der Waals surface area (Å²) in [4.78, 5) is 12.2. The van der Waals surface area contributed by atoms with E-state index >= 15 is 0 Å². The molecule has 0 saturated carbocycles. The number of rotatable bonds is 4. The van der Waals surface area contributed by atoms with Crippen LogP contribution in [0.3, 0.4) is 0 Å². The van der Waals surface area contributed by atoms with Gasteiger partial charge in [-0.05, 0) is 26.3 Å². The molecule has 21 heavy (non-hydrogen) atoms. The van der Waals surface area contributed by atoms with Gasteiger partial charge in [0.15, 0.2) is 0 Å². The molecule has 1 aliphatic heterocycles. The number of benzene rings is 1. The zero-order valence-corrected chi connectivity index (χ0v) is 13.5. The molecule has 0 fully saturated rings. The molecule has 1 aliphatic rings. The third kappa shape index (κ3) is 3.30. The van der Waals surface area contributed by atoms with Crippen molar-refractivity contribution in [1.29, 1.82) is 0 Å². The first-order valence-electron chi connectivity index (χ1n) is 6.89. The lowest BCUT2D eigenvalue weighted by Gasteiger charge is -2.18. The van der Waals surface area contributed by atoms with Crippen molar-refractivity contribution in [3.05, 3.63) is 71.0 Å². The fourth-order valence-electron chi connectivity index (χ4n) is 2.36. The summed E-state index contributed by atoms with van der Waals surface area (Å²) in [6.07, 6.45) is 4.08. The molecule has 110 valence electrons. The SMILES string of the molecule is C=C/C(C)=C/C1(C)SC(=O)C(Cc2ccc(C)cc2)=C1O. The summed E-state index contributed by atoms with van der Waals surface area (Å²) in [5.74, 6) is 0.166. The van der Waals surface area contributed by atoms with E-state index in [1.54, 1.807) is 6.08 Å². The molecule has 3 heteroatoms. The van der Waals surface area contributed by atoms with Gasteiger partial charge in [0.05, 0.1) is 4.75 Å². The maximum Gasteiger partial charge on any atom is 0.220 e. The highest BCUT2D eigenvalue weighted by Gasteiger charge is 2.41. The molecular formula is C18H20O2S. The Morgan fingerprint density at radius 2 is 2.00 bits per heavy atom. The van der Waals surface area contributed by atoms with Crippen molar-refractivity contribution in [3.8, 4) is 0 Å². The van der Waals surface area contributed by atoms with E-state index in [9.17, 15) is 9.90 Å². The first-order valence-corrected chi connectivity index (χ1v) is 7.71. The van der Waals surface area contributed by atoms with Gasteiger partial charge in [0, 0.05) is 12.0 Å². The Morgan fingerprint density at radius 3 is 2.57 bits per heavy atom. The summed E-state index contributed by atoms with van der Waals surface area (Å²) in [7, 11) is 0. The van der Waals surface area contributed by atoms with Gasteiger partial charge in [0.25, 0.3) is 0 Å². The van der Waals surface area contributed by atoms with Crippen molar-refractivity contribution in [2.75, 3.05) is 0 Å². The maximum atomic E-state index is 12.2. The van der Waals surface area contributed by atoms with Crippen LogP contribution >= 0.6 is 11.8 Å². The van der Waals surface area contributed by atoms with Crippen LogP contribution in [0.5, 0.6) is 0 Å². The second-order valence-electron chi connectivity index (χ2n) is 5.58. The van der Waals surface area contributed by atoms with Gasteiger partial charge in [-0.2, -0.15) is 0 Å². The van der Waals surface area contributed by atoms with Crippen LogP contribution in [0.2, 0.25) is 0 Å². The molecule has 0 saturated heterocycles. The van der Waals surface area contributed by atoms with E-state index in [2.05, 4.69) is 6.58 Å². The van der Waals surface area contributed by atoms with Crippen LogP contribution in [0.1, 0.15) is 25.0 Å². The maximum absolute atomic E-state index is 12.2. The number of carbonyl (C=O) groups is 1. The van der Waals surface area contributed by atoms with E-state index in [1.165, 1.54) is 5.56 Å². The smallest absolute Gasteiger partial charge is 0.220 e. The molecule has 1 heterocycles. The fraction of sp³-hybridized carbons (Fsp3) is 0.278. The summed E-state index contributed by atoms with van der Waals surface area (Å²) < 4.78 is -0.685. The standard InChI is InChI=1S/C18H20O2S/c1-5-12(2)11-18(4)16(19)15(17(20)21-18)10-14-8-6-13(3)7-9-14/h5-9,11,19H,1,10H2,2-4H3/b12-11+. The molecule has 0 radical (unpaired) electrons. The molecule has 0 aromatic heterocycles. The third-order valence-electron chi connectivity index (χ3n) is 3.63. The molecule has 1 aromatic carbocycles. The van der Waals surface area contributed by atoms with Crippen LogP contribution in [0.15, 0.2) is 59.9 Å². The fourth-order valence-corrected chi connectivity index (χ4v) is 3.50. The van der Waals surface area contributed by atoms with Gasteiger partial charge in [-0.3, -0.25) is 4.79 Å². The zero-order chi connectivity index (χ0) is 15.6. The Morgan fingerprint density at radius 1 is 1.38 bits per heavy atom. The summed E-state index contributed by atoms with van der Waals surface area (Å²) >= 11 is 1.16. The predicted molar refractivity (Wildman–Crippen MR) is 89.5 cm³/mol. The minimum Gasteiger partial charge on any atom is -0.510 e. The van der Waals surface area contributed by atoms with Crippen LogP contribution in [0, 0.1) is 6.92 Å². The molecule has 0 aliphatic carbocycles. The Balaban J connectivity index is 2.33. The lowest BCUT2D eigenvalue weighted by molar-refractivity contribution is -0.107. The van der Waals surface area contributed by atoms with Gasteiger partial charge in [-0.25, -0.2) is 0 Å². The molecule has 0 amide bonds. The minimum atomic E-state index is -0.685. The van der Waals surface area contributed by atoms with Crippen LogP contribution in [-0.2, 0) is 11.2 Å². The van der Waals surface area contributed by atoms with Crippen LogP contribution in [0.25, 0.3) is 0 Å². The number of hydrogen-bond donors (Lipinski definition) is 1. The van der Waals surface area contributed by atoms with Gasteiger partial charge in [-0.15, -0.1) is 0 Å². The molecule has 0 bridgehead atoms. The van der Waals surface area contributed by atoms with E-state index < -0.39 is 4.75 Å². The largest absolute Gasteiger partial charge is 0.510 e. The van der Waals surface area contributed by atoms with Crippen molar-refractivity contribution in [1.82, 2.24) is 0 Å². The molecule has 1 unspecified atom stereocenters. The Kier molecular flexibility index (Phi) is 4.43.